The Bertz CT molecular complexity index is 1010. The number of hydrogen-bond donors (Lipinski definition) is 1. The smallest absolute Gasteiger partial charge is 0.341 e. The third-order valence-electron chi connectivity index (χ3n) is 3.69. The molecule has 0 aliphatic heterocycles. The van der Waals surface area contributed by atoms with Crippen molar-refractivity contribution < 1.29 is 22.4 Å². The lowest BCUT2D eigenvalue weighted by atomic mass is 10.1. The summed E-state index contributed by atoms with van der Waals surface area (Å²) in [6, 6.07) is 9.74. The highest BCUT2D eigenvalue weighted by atomic mass is 32.2. The quantitative estimate of drug-likeness (QED) is 0.634. The highest BCUT2D eigenvalue weighted by molar-refractivity contribution is 7.93. The first-order valence-corrected chi connectivity index (χ1v) is 10.1. The Balaban J connectivity index is 2.08. The summed E-state index contributed by atoms with van der Waals surface area (Å²) in [6.45, 7) is 3.65. The molecule has 26 heavy (non-hydrogen) atoms. The molecule has 1 N–H and O–H groups in total. The molecule has 0 bridgehead atoms. The van der Waals surface area contributed by atoms with E-state index < -0.39 is 16.0 Å². The summed E-state index contributed by atoms with van der Waals surface area (Å²) in [6.07, 6.45) is 3.07. The Kier molecular flexibility index (Phi) is 5.15. The van der Waals surface area contributed by atoms with Gasteiger partial charge in [0, 0.05) is 10.4 Å². The topological polar surface area (TPSA) is 85.6 Å². The Hall–Kier alpha value is -2.58. The number of hydrogen-bond acceptors (Lipinski definition) is 6. The second-order valence-electron chi connectivity index (χ2n) is 5.41. The minimum absolute atomic E-state index is 0.116. The molecule has 0 amide bonds. The molecule has 0 aliphatic carbocycles. The van der Waals surface area contributed by atoms with E-state index in [1.54, 1.807) is 44.4 Å². The van der Waals surface area contributed by atoms with Crippen molar-refractivity contribution in [3.8, 4) is 10.4 Å². The molecule has 2 aromatic heterocycles. The number of carbonyl (C=O) groups excluding carboxylic acids is 1. The van der Waals surface area contributed by atoms with E-state index in [0.29, 0.717) is 5.56 Å². The molecular weight excluding hydrogens is 374 g/mol. The molecule has 0 fully saturated rings. The first-order valence-electron chi connectivity index (χ1n) is 7.85. The van der Waals surface area contributed by atoms with Crippen molar-refractivity contribution in [3.05, 3.63) is 60.1 Å². The zero-order valence-electron chi connectivity index (χ0n) is 14.2. The Morgan fingerprint density at radius 3 is 2.58 bits per heavy atom. The standard InChI is InChI=1S/C18H17NO5S2/c1-3-24-18(20)15-12(2)16(13-9-10-23-11-13)25-17(15)19-26(21,22)14-7-5-4-6-8-14/h4-11,19H,3H2,1-2H3. The second-order valence-corrected chi connectivity index (χ2v) is 8.11. The molecule has 0 aliphatic rings. The number of ether oxygens (including phenoxy) is 1. The molecule has 136 valence electrons. The molecule has 0 spiro atoms. The highest BCUT2D eigenvalue weighted by Crippen LogP contribution is 2.41. The predicted molar refractivity (Wildman–Crippen MR) is 100.0 cm³/mol. The molecule has 0 saturated carbocycles. The van der Waals surface area contributed by atoms with Crippen molar-refractivity contribution in [2.24, 2.45) is 0 Å². The predicted octanol–water partition coefficient (Wildman–Crippen LogP) is 4.29. The monoisotopic (exact) mass is 391 g/mol. The van der Waals surface area contributed by atoms with Crippen LogP contribution in [0.15, 0.2) is 58.2 Å². The van der Waals surface area contributed by atoms with Crippen LogP contribution in [0.25, 0.3) is 10.4 Å². The molecule has 0 saturated heterocycles. The number of esters is 1. The lowest BCUT2D eigenvalue weighted by molar-refractivity contribution is 0.0527. The maximum atomic E-state index is 12.7. The summed E-state index contributed by atoms with van der Waals surface area (Å²) < 4.78 is 38.1. The van der Waals surface area contributed by atoms with E-state index in [1.807, 2.05) is 0 Å². The SMILES string of the molecule is CCOC(=O)c1c(NS(=O)(=O)c2ccccc2)sc(-c2ccoc2)c1C. The van der Waals surface area contributed by atoms with Crippen molar-refractivity contribution in [1.82, 2.24) is 0 Å². The van der Waals surface area contributed by atoms with Crippen LogP contribution in [0, 0.1) is 6.92 Å². The zero-order chi connectivity index (χ0) is 18.7. The number of anilines is 1. The number of carbonyl (C=O) groups is 1. The number of nitrogens with one attached hydrogen (secondary N) is 1. The fourth-order valence-electron chi connectivity index (χ4n) is 2.48. The Labute approximate surface area is 155 Å². The van der Waals surface area contributed by atoms with E-state index in [-0.39, 0.29) is 22.1 Å². The van der Waals surface area contributed by atoms with Crippen LogP contribution in [-0.4, -0.2) is 21.0 Å². The minimum Gasteiger partial charge on any atom is -0.472 e. The fourth-order valence-corrected chi connectivity index (χ4v) is 4.99. The average molecular weight is 391 g/mol. The van der Waals surface area contributed by atoms with E-state index in [2.05, 4.69) is 4.72 Å². The van der Waals surface area contributed by atoms with E-state index >= 15 is 0 Å². The van der Waals surface area contributed by atoms with E-state index in [1.165, 1.54) is 29.7 Å². The number of thiophene rings is 1. The summed E-state index contributed by atoms with van der Waals surface area (Å²) in [7, 11) is -3.83. The number of sulfonamides is 1. The molecule has 3 aromatic rings. The number of furan rings is 1. The normalized spacial score (nSPS) is 11.3. The number of rotatable bonds is 6. The van der Waals surface area contributed by atoms with E-state index in [4.69, 9.17) is 9.15 Å². The lowest BCUT2D eigenvalue weighted by Gasteiger charge is -2.09. The maximum absolute atomic E-state index is 12.7. The molecule has 3 rings (SSSR count). The molecule has 0 unspecified atom stereocenters. The van der Waals surface area contributed by atoms with Gasteiger partial charge in [0.15, 0.2) is 0 Å². The average Bonchev–Trinajstić information content (AvgIpc) is 3.24. The van der Waals surface area contributed by atoms with Crippen LogP contribution in [-0.2, 0) is 14.8 Å². The Morgan fingerprint density at radius 1 is 1.23 bits per heavy atom. The second kappa shape index (κ2) is 7.35. The van der Waals surface area contributed by atoms with Gasteiger partial charge < -0.3 is 9.15 Å². The van der Waals surface area contributed by atoms with Gasteiger partial charge in [-0.1, -0.05) is 18.2 Å². The van der Waals surface area contributed by atoms with E-state index in [9.17, 15) is 13.2 Å². The van der Waals surface area contributed by atoms with Crippen molar-refractivity contribution in [1.29, 1.82) is 0 Å². The minimum atomic E-state index is -3.83. The molecule has 6 nitrogen and oxygen atoms in total. The van der Waals surface area contributed by atoms with Gasteiger partial charge in [-0.15, -0.1) is 11.3 Å². The van der Waals surface area contributed by atoms with Gasteiger partial charge in [-0.3, -0.25) is 4.72 Å². The van der Waals surface area contributed by atoms with Crippen molar-refractivity contribution in [2.75, 3.05) is 11.3 Å². The summed E-state index contributed by atoms with van der Waals surface area (Å²) in [5, 5.41) is 0.223. The molecule has 1 aromatic carbocycles. The van der Waals surface area contributed by atoms with Gasteiger partial charge >= 0.3 is 5.97 Å². The van der Waals surface area contributed by atoms with Crippen LogP contribution in [0.3, 0.4) is 0 Å². The zero-order valence-corrected chi connectivity index (χ0v) is 15.8. The van der Waals surface area contributed by atoms with Crippen LogP contribution >= 0.6 is 11.3 Å². The van der Waals surface area contributed by atoms with Crippen molar-refractivity contribution in [3.63, 3.8) is 0 Å². The van der Waals surface area contributed by atoms with Gasteiger partial charge in [-0.05, 0) is 37.6 Å². The largest absolute Gasteiger partial charge is 0.472 e. The van der Waals surface area contributed by atoms with Crippen LogP contribution in [0.4, 0.5) is 5.00 Å². The van der Waals surface area contributed by atoms with Crippen LogP contribution in [0.5, 0.6) is 0 Å². The van der Waals surface area contributed by atoms with Crippen LogP contribution < -0.4 is 4.72 Å². The van der Waals surface area contributed by atoms with E-state index in [0.717, 1.165) is 10.4 Å². The Morgan fingerprint density at radius 2 is 1.96 bits per heavy atom. The first-order chi connectivity index (χ1) is 12.4. The fraction of sp³-hybridized carbons (Fsp3) is 0.167. The maximum Gasteiger partial charge on any atom is 0.341 e. The summed E-state index contributed by atoms with van der Waals surface area (Å²) in [4.78, 5) is 13.3. The molecule has 8 heteroatoms. The van der Waals surface area contributed by atoms with Gasteiger partial charge in [0.1, 0.15) is 5.00 Å². The van der Waals surface area contributed by atoms with Gasteiger partial charge in [0.05, 0.1) is 29.6 Å². The summed E-state index contributed by atoms with van der Waals surface area (Å²) in [5.41, 5.74) is 1.62. The highest BCUT2D eigenvalue weighted by Gasteiger charge is 2.26. The third kappa shape index (κ3) is 3.51. The van der Waals surface area contributed by atoms with Crippen LogP contribution in [0.1, 0.15) is 22.8 Å². The summed E-state index contributed by atoms with van der Waals surface area (Å²) >= 11 is 1.17. The van der Waals surface area contributed by atoms with Crippen molar-refractivity contribution >= 4 is 32.3 Å². The summed E-state index contributed by atoms with van der Waals surface area (Å²) in [5.74, 6) is -0.568. The first kappa shape index (κ1) is 18.2. The molecule has 2 heterocycles. The number of benzene rings is 1. The van der Waals surface area contributed by atoms with Crippen molar-refractivity contribution in [2.45, 2.75) is 18.7 Å². The third-order valence-corrected chi connectivity index (χ3v) is 6.44. The van der Waals surface area contributed by atoms with Gasteiger partial charge in [-0.2, -0.15) is 0 Å². The van der Waals surface area contributed by atoms with Gasteiger partial charge in [0.2, 0.25) is 0 Å². The van der Waals surface area contributed by atoms with Crippen LogP contribution in [0.2, 0.25) is 0 Å². The molecular formula is C18H17NO5S2. The molecule has 0 atom stereocenters. The van der Waals surface area contributed by atoms with Gasteiger partial charge in [0.25, 0.3) is 10.0 Å². The molecule has 0 radical (unpaired) electrons. The van der Waals surface area contributed by atoms with Gasteiger partial charge in [-0.25, -0.2) is 13.2 Å². The lowest BCUT2D eigenvalue weighted by Crippen LogP contribution is -2.15.